The van der Waals surface area contributed by atoms with E-state index in [0.29, 0.717) is 0 Å². The lowest BCUT2D eigenvalue weighted by Crippen LogP contribution is -2.35. The van der Waals surface area contributed by atoms with Gasteiger partial charge in [0.25, 0.3) is 10.1 Å². The third-order valence-electron chi connectivity index (χ3n) is 3.65. The van der Waals surface area contributed by atoms with Gasteiger partial charge in [-0.3, -0.25) is 0 Å². The van der Waals surface area contributed by atoms with Gasteiger partial charge in [0, 0.05) is 11.9 Å². The molecule has 1 aliphatic rings. The maximum absolute atomic E-state index is 12.4. The van der Waals surface area contributed by atoms with Crippen LogP contribution in [0.4, 0.5) is 5.69 Å². The number of likely N-dealkylation sites (N-methyl/N-ethyl adjacent to an activating group) is 1. The molecule has 0 fully saturated rings. The van der Waals surface area contributed by atoms with Crippen molar-refractivity contribution in [3.05, 3.63) is 54.1 Å². The molecule has 2 aromatic rings. The number of benzene rings is 2. The van der Waals surface area contributed by atoms with Crippen LogP contribution in [0.3, 0.4) is 0 Å². The number of hydrogen-bond acceptors (Lipinski definition) is 6. The van der Waals surface area contributed by atoms with Gasteiger partial charge in [-0.1, -0.05) is 41.6 Å². The molecule has 7 heteroatoms. The van der Waals surface area contributed by atoms with Crippen molar-refractivity contribution in [2.75, 3.05) is 11.9 Å². The largest absolute Gasteiger partial charge is 0.358 e. The highest BCUT2D eigenvalue weighted by Gasteiger charge is 2.35. The van der Waals surface area contributed by atoms with E-state index in [2.05, 4.69) is 12.6 Å². The Bertz CT molecular complexity index is 806. The van der Waals surface area contributed by atoms with E-state index in [1.165, 1.54) is 0 Å². The molecule has 2 unspecified atom stereocenters. The Labute approximate surface area is 146 Å². The Morgan fingerprint density at radius 3 is 2.48 bits per heavy atom. The lowest BCUT2D eigenvalue weighted by atomic mass is 10.2. The normalized spacial score (nSPS) is 18.7. The zero-order chi connectivity index (χ0) is 16.6. The maximum Gasteiger partial charge on any atom is 0.298 e. The van der Waals surface area contributed by atoms with Gasteiger partial charge in [0.1, 0.15) is 10.8 Å². The minimum Gasteiger partial charge on any atom is -0.358 e. The number of aryl methyl sites for hydroxylation is 1. The van der Waals surface area contributed by atoms with E-state index < -0.39 is 15.6 Å². The van der Waals surface area contributed by atoms with Crippen LogP contribution in [-0.2, 0) is 14.3 Å². The fourth-order valence-corrected chi connectivity index (χ4v) is 5.31. The van der Waals surface area contributed by atoms with Crippen molar-refractivity contribution in [3.63, 3.8) is 0 Å². The number of anilines is 1. The number of nitrogens with zero attached hydrogens (tertiary/aromatic N) is 1. The number of fused-ring (bicyclic) bond motifs is 1. The number of hydrogen-bond donors (Lipinski definition) is 1. The fourth-order valence-electron chi connectivity index (χ4n) is 2.38. The zero-order valence-electron chi connectivity index (χ0n) is 12.7. The van der Waals surface area contributed by atoms with Crippen LogP contribution in [0.5, 0.6) is 0 Å². The zero-order valence-corrected chi connectivity index (χ0v) is 15.2. The smallest absolute Gasteiger partial charge is 0.298 e. The molecule has 2 atom stereocenters. The molecule has 122 valence electrons. The molecule has 0 N–H and O–H groups in total. The molecule has 0 bridgehead atoms. The lowest BCUT2D eigenvalue weighted by molar-refractivity contribution is 0.289. The van der Waals surface area contributed by atoms with Gasteiger partial charge in [-0.15, -0.1) is 12.6 Å². The van der Waals surface area contributed by atoms with Crippen LogP contribution < -0.4 is 4.90 Å². The minimum atomic E-state index is -3.84. The van der Waals surface area contributed by atoms with Gasteiger partial charge in [0.05, 0.1) is 10.6 Å². The molecule has 23 heavy (non-hydrogen) atoms. The van der Waals surface area contributed by atoms with Gasteiger partial charge >= 0.3 is 0 Å². The van der Waals surface area contributed by atoms with Crippen LogP contribution in [0.25, 0.3) is 0 Å². The first kappa shape index (κ1) is 16.7. The van der Waals surface area contributed by atoms with Crippen molar-refractivity contribution < 1.29 is 12.6 Å². The highest BCUT2D eigenvalue weighted by molar-refractivity contribution is 8.01. The van der Waals surface area contributed by atoms with Crippen molar-refractivity contribution in [3.8, 4) is 0 Å². The number of para-hydroxylation sites is 1. The molecule has 3 rings (SSSR count). The Hall–Kier alpha value is -1.15. The fraction of sp³-hybridized carbons (Fsp3) is 0.250. The molecule has 0 amide bonds. The summed E-state index contributed by atoms with van der Waals surface area (Å²) in [5.41, 5.74) is 1.27. The van der Waals surface area contributed by atoms with Gasteiger partial charge in [-0.25, -0.2) is 4.18 Å². The monoisotopic (exact) mass is 367 g/mol. The van der Waals surface area contributed by atoms with Gasteiger partial charge < -0.3 is 4.90 Å². The first-order valence-electron chi connectivity index (χ1n) is 7.05. The molecule has 0 aromatic heterocycles. The maximum atomic E-state index is 12.4. The SMILES string of the molecule is Cc1ccc(S(=O)(=O)OC(S)C2Sc3ccccc3N2C)cc1. The third kappa shape index (κ3) is 3.38. The summed E-state index contributed by atoms with van der Waals surface area (Å²) in [6.07, 6.45) is 0. The van der Waals surface area contributed by atoms with E-state index in [1.807, 2.05) is 43.1 Å². The van der Waals surface area contributed by atoms with E-state index in [9.17, 15) is 8.42 Å². The van der Waals surface area contributed by atoms with E-state index in [1.54, 1.807) is 36.0 Å². The summed E-state index contributed by atoms with van der Waals surface area (Å²) >= 11 is 5.94. The van der Waals surface area contributed by atoms with Crippen LogP contribution in [0.15, 0.2) is 58.3 Å². The predicted molar refractivity (Wildman–Crippen MR) is 96.7 cm³/mol. The highest BCUT2D eigenvalue weighted by Crippen LogP contribution is 2.44. The second-order valence-electron chi connectivity index (χ2n) is 5.34. The Morgan fingerprint density at radius 1 is 1.17 bits per heavy atom. The molecular formula is C16H17NO3S3. The van der Waals surface area contributed by atoms with E-state index in [4.69, 9.17) is 4.18 Å². The molecule has 2 aromatic carbocycles. The molecule has 0 saturated heterocycles. The quantitative estimate of drug-likeness (QED) is 0.509. The third-order valence-corrected chi connectivity index (χ3v) is 7.10. The topological polar surface area (TPSA) is 46.6 Å². The first-order valence-corrected chi connectivity index (χ1v) is 9.85. The van der Waals surface area contributed by atoms with Crippen molar-refractivity contribution >= 4 is 40.2 Å². The summed E-state index contributed by atoms with van der Waals surface area (Å²) in [5.74, 6) is 0. The molecule has 0 aliphatic carbocycles. The molecular weight excluding hydrogens is 350 g/mol. The van der Waals surface area contributed by atoms with Crippen LogP contribution in [0, 0.1) is 6.92 Å². The number of thiol groups is 1. The second-order valence-corrected chi connectivity index (χ2v) is 8.58. The highest BCUT2D eigenvalue weighted by atomic mass is 32.2. The van der Waals surface area contributed by atoms with Gasteiger partial charge in [-0.05, 0) is 31.2 Å². The molecule has 4 nitrogen and oxygen atoms in total. The molecule has 0 saturated carbocycles. The second kappa shape index (κ2) is 6.39. The van der Waals surface area contributed by atoms with Gasteiger partial charge in [0.15, 0.2) is 0 Å². The first-order chi connectivity index (χ1) is 10.9. The molecule has 1 heterocycles. The standard InChI is InChI=1S/C16H17NO3S3/c1-11-7-9-12(10-8-11)23(18,19)20-16(21)15-17(2)13-5-3-4-6-14(13)22-15/h3-10,15-16,21H,1-2H3. The Morgan fingerprint density at radius 2 is 1.83 bits per heavy atom. The summed E-state index contributed by atoms with van der Waals surface area (Å²) in [5, 5.41) is -0.212. The van der Waals surface area contributed by atoms with Crippen LogP contribution in [0.1, 0.15) is 5.56 Å². The minimum absolute atomic E-state index is 0.144. The average Bonchev–Trinajstić information content (AvgIpc) is 2.85. The van der Waals surface area contributed by atoms with Crippen LogP contribution in [-0.4, -0.2) is 26.3 Å². The molecule has 0 spiro atoms. The average molecular weight is 368 g/mol. The molecule has 1 aliphatic heterocycles. The van der Waals surface area contributed by atoms with E-state index in [0.717, 1.165) is 16.1 Å². The summed E-state index contributed by atoms with van der Waals surface area (Å²) in [7, 11) is -1.93. The lowest BCUT2D eigenvalue weighted by Gasteiger charge is -2.26. The number of rotatable bonds is 4. The van der Waals surface area contributed by atoms with E-state index >= 15 is 0 Å². The van der Waals surface area contributed by atoms with Crippen molar-refractivity contribution in [1.82, 2.24) is 0 Å². The van der Waals surface area contributed by atoms with Crippen LogP contribution >= 0.6 is 24.4 Å². The van der Waals surface area contributed by atoms with Crippen molar-refractivity contribution in [2.45, 2.75) is 27.5 Å². The van der Waals surface area contributed by atoms with Gasteiger partial charge in [0.2, 0.25) is 0 Å². The summed E-state index contributed by atoms with van der Waals surface area (Å²) in [4.78, 5) is 3.23. The Kier molecular flexibility index (Phi) is 4.64. The van der Waals surface area contributed by atoms with Crippen molar-refractivity contribution in [1.29, 1.82) is 0 Å². The number of thioether (sulfide) groups is 1. The molecule has 0 radical (unpaired) electrons. The van der Waals surface area contributed by atoms with Gasteiger partial charge in [-0.2, -0.15) is 8.42 Å². The summed E-state index contributed by atoms with van der Waals surface area (Å²) < 4.78 is 30.1. The Balaban J connectivity index is 1.77. The van der Waals surface area contributed by atoms with Crippen molar-refractivity contribution in [2.24, 2.45) is 0 Å². The van der Waals surface area contributed by atoms with Crippen LogP contribution in [0.2, 0.25) is 0 Å². The summed E-state index contributed by atoms with van der Waals surface area (Å²) in [6, 6.07) is 14.5. The predicted octanol–water partition coefficient (Wildman–Crippen LogP) is 3.52. The summed E-state index contributed by atoms with van der Waals surface area (Å²) in [6.45, 7) is 1.90. The van der Waals surface area contributed by atoms with E-state index in [-0.39, 0.29) is 10.3 Å².